The van der Waals surface area contributed by atoms with E-state index >= 15 is 0 Å². The molecule has 1 aromatic carbocycles. The van der Waals surface area contributed by atoms with Crippen LogP contribution < -0.4 is 11.2 Å². The van der Waals surface area contributed by atoms with Crippen LogP contribution in [-0.2, 0) is 17.9 Å². The van der Waals surface area contributed by atoms with Gasteiger partial charge >= 0.3 is 5.69 Å². The predicted octanol–water partition coefficient (Wildman–Crippen LogP) is 1.22. The maximum atomic E-state index is 12.2. The van der Waals surface area contributed by atoms with Gasteiger partial charge in [-0.2, -0.15) is 0 Å². The molecule has 1 heterocycles. The molecule has 2 N–H and O–H groups in total. The molecule has 0 unspecified atom stereocenters. The van der Waals surface area contributed by atoms with Crippen molar-refractivity contribution in [2.24, 2.45) is 0 Å². The number of hydrogen-bond acceptors (Lipinski definition) is 4. The molecule has 0 saturated carbocycles. The molecular formula is C17H22N2O4. The molecule has 0 aliphatic rings. The lowest BCUT2D eigenvalue weighted by Gasteiger charge is -2.18. The van der Waals surface area contributed by atoms with E-state index < -0.39 is 5.69 Å². The van der Waals surface area contributed by atoms with Gasteiger partial charge in [-0.25, -0.2) is 4.79 Å². The molecule has 0 atom stereocenters. The van der Waals surface area contributed by atoms with Crippen LogP contribution in [0.3, 0.4) is 0 Å². The van der Waals surface area contributed by atoms with E-state index in [1.54, 1.807) is 0 Å². The van der Waals surface area contributed by atoms with Gasteiger partial charge in [-0.15, -0.1) is 0 Å². The zero-order valence-corrected chi connectivity index (χ0v) is 13.4. The highest BCUT2D eigenvalue weighted by Gasteiger charge is 2.18. The van der Waals surface area contributed by atoms with Crippen molar-refractivity contribution in [2.75, 3.05) is 13.2 Å². The van der Waals surface area contributed by atoms with Crippen LogP contribution in [0.5, 0.6) is 0 Å². The van der Waals surface area contributed by atoms with Gasteiger partial charge in [-0.1, -0.05) is 44.2 Å². The highest BCUT2D eigenvalue weighted by atomic mass is 16.5. The van der Waals surface area contributed by atoms with Crippen molar-refractivity contribution >= 4 is 0 Å². The van der Waals surface area contributed by atoms with Crippen molar-refractivity contribution in [2.45, 2.75) is 32.9 Å². The number of hydrogen-bond donors (Lipinski definition) is 2. The first-order valence-corrected chi connectivity index (χ1v) is 7.63. The summed E-state index contributed by atoms with van der Waals surface area (Å²) in [5.41, 5.74) is 1.40. The molecule has 23 heavy (non-hydrogen) atoms. The number of rotatable bonds is 7. The fourth-order valence-corrected chi connectivity index (χ4v) is 2.56. The van der Waals surface area contributed by atoms with Gasteiger partial charge in [-0.05, 0) is 11.5 Å². The molecular weight excluding hydrogens is 296 g/mol. The van der Waals surface area contributed by atoms with Crippen LogP contribution >= 0.6 is 0 Å². The van der Waals surface area contributed by atoms with E-state index in [0.29, 0.717) is 17.7 Å². The van der Waals surface area contributed by atoms with Crippen LogP contribution in [0.2, 0.25) is 0 Å². The summed E-state index contributed by atoms with van der Waals surface area (Å²) in [6.45, 7) is 3.85. The summed E-state index contributed by atoms with van der Waals surface area (Å²) in [7, 11) is 0. The third-order valence-electron chi connectivity index (χ3n) is 3.59. The lowest BCUT2D eigenvalue weighted by Crippen LogP contribution is -2.36. The Morgan fingerprint density at radius 1 is 1.22 bits per heavy atom. The number of ether oxygens (including phenoxy) is 1. The van der Waals surface area contributed by atoms with Crippen molar-refractivity contribution in [3.63, 3.8) is 0 Å². The van der Waals surface area contributed by atoms with E-state index in [9.17, 15) is 9.59 Å². The van der Waals surface area contributed by atoms with Crippen LogP contribution in [0.1, 0.15) is 36.6 Å². The number of aliphatic hydroxyl groups excluding tert-OH is 1. The van der Waals surface area contributed by atoms with Gasteiger partial charge in [0.05, 0.1) is 13.2 Å². The number of benzene rings is 1. The topological polar surface area (TPSA) is 84.3 Å². The third-order valence-corrected chi connectivity index (χ3v) is 3.59. The first-order chi connectivity index (χ1) is 11.0. The molecule has 124 valence electrons. The fourth-order valence-electron chi connectivity index (χ4n) is 2.56. The van der Waals surface area contributed by atoms with E-state index in [4.69, 9.17) is 9.84 Å². The largest absolute Gasteiger partial charge is 0.394 e. The Morgan fingerprint density at radius 2 is 1.91 bits per heavy atom. The molecule has 0 aliphatic carbocycles. The molecule has 0 bridgehead atoms. The van der Waals surface area contributed by atoms with Crippen molar-refractivity contribution in [1.82, 2.24) is 9.55 Å². The van der Waals surface area contributed by atoms with Gasteiger partial charge in [0, 0.05) is 17.7 Å². The van der Waals surface area contributed by atoms with Gasteiger partial charge < -0.3 is 9.84 Å². The maximum Gasteiger partial charge on any atom is 0.330 e. The number of aromatic amines is 1. The summed E-state index contributed by atoms with van der Waals surface area (Å²) >= 11 is 0. The Labute approximate surface area is 134 Å². The highest BCUT2D eigenvalue weighted by molar-refractivity contribution is 5.28. The summed E-state index contributed by atoms with van der Waals surface area (Å²) in [6, 6.07) is 9.66. The average molecular weight is 318 g/mol. The lowest BCUT2D eigenvalue weighted by molar-refractivity contribution is 0.0441. The Balaban J connectivity index is 2.53. The quantitative estimate of drug-likeness (QED) is 0.752. The molecule has 2 rings (SSSR count). The highest BCUT2D eigenvalue weighted by Crippen LogP contribution is 2.17. The van der Waals surface area contributed by atoms with Crippen LogP contribution in [0.4, 0.5) is 0 Å². The van der Waals surface area contributed by atoms with Gasteiger partial charge in [-0.3, -0.25) is 14.3 Å². The molecule has 1 aromatic heterocycles. The van der Waals surface area contributed by atoms with Crippen LogP contribution in [0.25, 0.3) is 0 Å². The number of nitrogens with one attached hydrogen (secondary N) is 1. The Morgan fingerprint density at radius 3 is 2.52 bits per heavy atom. The monoisotopic (exact) mass is 318 g/mol. The summed E-state index contributed by atoms with van der Waals surface area (Å²) in [4.78, 5) is 26.8. The fraction of sp³-hybridized carbons (Fsp3) is 0.412. The van der Waals surface area contributed by atoms with Crippen LogP contribution in [0, 0.1) is 0 Å². The molecule has 0 aliphatic heterocycles. The predicted molar refractivity (Wildman–Crippen MR) is 87.7 cm³/mol. The minimum atomic E-state index is -0.497. The zero-order chi connectivity index (χ0) is 16.8. The molecule has 0 saturated heterocycles. The molecule has 6 nitrogen and oxygen atoms in total. The van der Waals surface area contributed by atoms with Gasteiger partial charge in [0.15, 0.2) is 0 Å². The second-order valence-corrected chi connectivity index (χ2v) is 5.63. The molecule has 0 radical (unpaired) electrons. The Hall–Kier alpha value is -2.18. The second kappa shape index (κ2) is 7.89. The van der Waals surface area contributed by atoms with Gasteiger partial charge in [0.2, 0.25) is 0 Å². The van der Waals surface area contributed by atoms with Crippen molar-refractivity contribution < 1.29 is 9.84 Å². The van der Waals surface area contributed by atoms with Crippen LogP contribution in [0.15, 0.2) is 39.9 Å². The standard InChI is InChI=1S/C17H22N2O4/c1-12(2)15-14(10-13-6-4-3-5-7-13)19(11-23-9-8-20)17(22)18-16(15)21/h3-7,12,20H,8-11H2,1-2H3,(H,18,21,22). The van der Waals surface area contributed by atoms with E-state index in [1.165, 1.54) is 4.57 Å². The Kier molecular flexibility index (Phi) is 5.90. The minimum absolute atomic E-state index is 0.00192. The Bertz CT molecular complexity index is 747. The minimum Gasteiger partial charge on any atom is -0.394 e. The van der Waals surface area contributed by atoms with Gasteiger partial charge in [0.1, 0.15) is 6.73 Å². The van der Waals surface area contributed by atoms with Gasteiger partial charge in [0.25, 0.3) is 5.56 Å². The zero-order valence-electron chi connectivity index (χ0n) is 13.4. The first-order valence-electron chi connectivity index (χ1n) is 7.63. The number of aromatic nitrogens is 2. The van der Waals surface area contributed by atoms with Crippen molar-refractivity contribution in [1.29, 1.82) is 0 Å². The molecule has 2 aromatic rings. The second-order valence-electron chi connectivity index (χ2n) is 5.63. The summed E-state index contributed by atoms with van der Waals surface area (Å²) in [5, 5.41) is 8.83. The number of aliphatic hydroxyl groups is 1. The molecule has 0 amide bonds. The van der Waals surface area contributed by atoms with Crippen molar-refractivity contribution in [3.8, 4) is 0 Å². The summed E-state index contributed by atoms with van der Waals surface area (Å²) in [5.74, 6) is -0.0258. The molecule has 0 spiro atoms. The SMILES string of the molecule is CC(C)c1c(Cc2ccccc2)n(COCCO)c(=O)[nH]c1=O. The number of nitrogens with zero attached hydrogens (tertiary/aromatic N) is 1. The van der Waals surface area contributed by atoms with E-state index in [-0.39, 0.29) is 31.4 Å². The normalized spacial score (nSPS) is 11.1. The third kappa shape index (κ3) is 4.18. The lowest BCUT2D eigenvalue weighted by atomic mass is 9.98. The summed E-state index contributed by atoms with van der Waals surface area (Å²) < 4.78 is 6.72. The van der Waals surface area contributed by atoms with E-state index in [2.05, 4.69) is 4.98 Å². The average Bonchev–Trinajstić information content (AvgIpc) is 2.50. The van der Waals surface area contributed by atoms with Crippen molar-refractivity contribution in [3.05, 3.63) is 68.0 Å². The van der Waals surface area contributed by atoms with E-state index in [1.807, 2.05) is 44.2 Å². The smallest absolute Gasteiger partial charge is 0.330 e. The summed E-state index contributed by atoms with van der Waals surface area (Å²) in [6.07, 6.45) is 0.468. The maximum absolute atomic E-state index is 12.2. The molecule has 0 fully saturated rings. The number of H-pyrrole nitrogens is 1. The first kappa shape index (κ1) is 17.2. The van der Waals surface area contributed by atoms with Crippen LogP contribution in [-0.4, -0.2) is 27.9 Å². The molecule has 6 heteroatoms. The van der Waals surface area contributed by atoms with E-state index in [0.717, 1.165) is 5.56 Å².